The second-order valence-corrected chi connectivity index (χ2v) is 4.46. The smallest absolute Gasteiger partial charge is 0.160 e. The van der Waals surface area contributed by atoms with Gasteiger partial charge in [0.05, 0.1) is 0 Å². The fraction of sp³-hybridized carbons (Fsp3) is 0.118. The Morgan fingerprint density at radius 1 is 0.833 bits per heavy atom. The number of para-hydroxylation sites is 1. The molecule has 0 unspecified atom stereocenters. The first-order valence-electron chi connectivity index (χ1n) is 6.37. The molecular formula is C17H16N+. The molecule has 1 heterocycles. The van der Waals surface area contributed by atoms with Crippen LogP contribution in [0.2, 0.25) is 0 Å². The standard InChI is InChI=1S/C17H16N/c1-2-14-9-11-16(12-10-14)18-13-5-7-15-6-3-4-8-17(15)18/h3-13H,2H2,1H3/q+1. The average molecular weight is 234 g/mol. The molecule has 0 fully saturated rings. The van der Waals surface area contributed by atoms with Gasteiger partial charge in [-0.15, -0.1) is 0 Å². The molecule has 18 heavy (non-hydrogen) atoms. The lowest BCUT2D eigenvalue weighted by atomic mass is 10.1. The van der Waals surface area contributed by atoms with Crippen LogP contribution in [0.25, 0.3) is 16.6 Å². The molecule has 0 saturated heterocycles. The number of nitrogens with zero attached hydrogens (tertiary/aromatic N) is 1. The zero-order valence-electron chi connectivity index (χ0n) is 10.5. The number of aromatic nitrogens is 1. The first-order valence-corrected chi connectivity index (χ1v) is 6.37. The normalized spacial score (nSPS) is 10.7. The molecule has 2 aromatic carbocycles. The minimum absolute atomic E-state index is 1.08. The molecule has 0 bridgehead atoms. The lowest BCUT2D eigenvalue weighted by Gasteiger charge is -2.01. The molecule has 1 nitrogen and oxygen atoms in total. The van der Waals surface area contributed by atoms with Crippen molar-refractivity contribution in [3.8, 4) is 5.69 Å². The van der Waals surface area contributed by atoms with Gasteiger partial charge in [0.1, 0.15) is 0 Å². The number of pyridine rings is 1. The van der Waals surface area contributed by atoms with E-state index in [2.05, 4.69) is 78.4 Å². The fourth-order valence-corrected chi connectivity index (χ4v) is 2.28. The van der Waals surface area contributed by atoms with Gasteiger partial charge in [0, 0.05) is 29.7 Å². The van der Waals surface area contributed by atoms with Crippen molar-refractivity contribution in [2.75, 3.05) is 0 Å². The largest absolute Gasteiger partial charge is 0.218 e. The van der Waals surface area contributed by atoms with Crippen LogP contribution in [0.15, 0.2) is 66.9 Å². The third-order valence-electron chi connectivity index (χ3n) is 3.33. The van der Waals surface area contributed by atoms with E-state index in [1.807, 2.05) is 0 Å². The number of rotatable bonds is 2. The van der Waals surface area contributed by atoms with Gasteiger partial charge in [0.2, 0.25) is 11.2 Å². The minimum atomic E-state index is 1.08. The van der Waals surface area contributed by atoms with E-state index in [1.165, 1.54) is 22.2 Å². The number of hydrogen-bond acceptors (Lipinski definition) is 0. The summed E-state index contributed by atoms with van der Waals surface area (Å²) in [6, 6.07) is 21.5. The fourth-order valence-electron chi connectivity index (χ4n) is 2.28. The molecule has 1 heteroatoms. The quantitative estimate of drug-likeness (QED) is 0.595. The Kier molecular flexibility index (Phi) is 2.81. The summed E-state index contributed by atoms with van der Waals surface area (Å²) in [4.78, 5) is 0. The lowest BCUT2D eigenvalue weighted by Crippen LogP contribution is -2.30. The topological polar surface area (TPSA) is 3.88 Å². The molecular weight excluding hydrogens is 218 g/mol. The maximum atomic E-state index is 2.23. The van der Waals surface area contributed by atoms with Gasteiger partial charge < -0.3 is 0 Å². The highest BCUT2D eigenvalue weighted by molar-refractivity contribution is 5.75. The van der Waals surface area contributed by atoms with Crippen molar-refractivity contribution in [1.82, 2.24) is 0 Å². The van der Waals surface area contributed by atoms with Crippen molar-refractivity contribution in [1.29, 1.82) is 0 Å². The van der Waals surface area contributed by atoms with Crippen LogP contribution in [-0.4, -0.2) is 0 Å². The van der Waals surface area contributed by atoms with Crippen molar-refractivity contribution in [2.24, 2.45) is 0 Å². The number of hydrogen-bond donors (Lipinski definition) is 0. The van der Waals surface area contributed by atoms with Gasteiger partial charge in [-0.2, -0.15) is 4.57 Å². The molecule has 0 radical (unpaired) electrons. The molecule has 0 N–H and O–H groups in total. The van der Waals surface area contributed by atoms with Crippen LogP contribution >= 0.6 is 0 Å². The summed E-state index contributed by atoms with van der Waals surface area (Å²) in [5.74, 6) is 0. The Morgan fingerprint density at radius 2 is 1.56 bits per heavy atom. The molecule has 0 saturated carbocycles. The molecule has 0 atom stereocenters. The molecule has 0 aliphatic rings. The maximum Gasteiger partial charge on any atom is 0.218 e. The summed E-state index contributed by atoms with van der Waals surface area (Å²) >= 11 is 0. The average Bonchev–Trinajstić information content (AvgIpc) is 2.47. The van der Waals surface area contributed by atoms with E-state index in [0.29, 0.717) is 0 Å². The van der Waals surface area contributed by atoms with Gasteiger partial charge in [-0.1, -0.05) is 31.2 Å². The minimum Gasteiger partial charge on any atom is -0.160 e. The van der Waals surface area contributed by atoms with Crippen molar-refractivity contribution in [3.05, 3.63) is 72.4 Å². The highest BCUT2D eigenvalue weighted by atomic mass is 15.0. The van der Waals surface area contributed by atoms with Crippen LogP contribution in [0.3, 0.4) is 0 Å². The highest BCUT2D eigenvalue weighted by Gasteiger charge is 2.10. The summed E-state index contributed by atoms with van der Waals surface area (Å²) in [6.07, 6.45) is 3.20. The summed E-state index contributed by atoms with van der Waals surface area (Å²) in [5.41, 5.74) is 3.83. The van der Waals surface area contributed by atoms with Crippen LogP contribution in [-0.2, 0) is 6.42 Å². The Balaban J connectivity index is 2.18. The van der Waals surface area contributed by atoms with E-state index < -0.39 is 0 Å². The number of fused-ring (bicyclic) bond motifs is 1. The van der Waals surface area contributed by atoms with E-state index in [9.17, 15) is 0 Å². The van der Waals surface area contributed by atoms with Crippen molar-refractivity contribution in [2.45, 2.75) is 13.3 Å². The molecule has 3 rings (SSSR count). The van der Waals surface area contributed by atoms with Gasteiger partial charge in [-0.25, -0.2) is 0 Å². The third kappa shape index (κ3) is 1.88. The van der Waals surface area contributed by atoms with Crippen LogP contribution in [0.5, 0.6) is 0 Å². The highest BCUT2D eigenvalue weighted by Crippen LogP contribution is 2.12. The van der Waals surface area contributed by atoms with E-state index in [4.69, 9.17) is 0 Å². The molecule has 0 spiro atoms. The molecule has 0 aliphatic heterocycles. The van der Waals surface area contributed by atoms with Gasteiger partial charge in [0.15, 0.2) is 6.20 Å². The van der Waals surface area contributed by atoms with Crippen LogP contribution in [0, 0.1) is 0 Å². The second-order valence-electron chi connectivity index (χ2n) is 4.46. The Labute approximate surface area is 107 Å². The van der Waals surface area contributed by atoms with Crippen LogP contribution in [0.1, 0.15) is 12.5 Å². The summed E-state index contributed by atoms with van der Waals surface area (Å²) < 4.78 is 2.23. The Bertz CT molecular complexity index is 663. The predicted molar refractivity (Wildman–Crippen MR) is 74.9 cm³/mol. The summed E-state index contributed by atoms with van der Waals surface area (Å²) in [6.45, 7) is 2.18. The number of benzene rings is 2. The van der Waals surface area contributed by atoms with Crippen molar-refractivity contribution < 1.29 is 4.57 Å². The van der Waals surface area contributed by atoms with Crippen LogP contribution in [0.4, 0.5) is 0 Å². The lowest BCUT2D eigenvalue weighted by molar-refractivity contribution is -0.567. The maximum absolute atomic E-state index is 2.23. The molecule has 88 valence electrons. The van der Waals surface area contributed by atoms with Gasteiger partial charge in [0.25, 0.3) is 0 Å². The Hall–Kier alpha value is -2.15. The van der Waals surface area contributed by atoms with E-state index in [1.54, 1.807) is 0 Å². The molecule has 0 amide bonds. The summed E-state index contributed by atoms with van der Waals surface area (Å²) in [7, 11) is 0. The SMILES string of the molecule is CCc1ccc(-[n+]2cccc3ccccc32)cc1. The van der Waals surface area contributed by atoms with Crippen LogP contribution < -0.4 is 4.57 Å². The van der Waals surface area contributed by atoms with Gasteiger partial charge in [-0.05, 0) is 24.1 Å². The van der Waals surface area contributed by atoms with Gasteiger partial charge in [-0.3, -0.25) is 0 Å². The first kappa shape index (κ1) is 11.0. The predicted octanol–water partition coefficient (Wildman–Crippen LogP) is 3.68. The number of aryl methyl sites for hydroxylation is 1. The second kappa shape index (κ2) is 4.61. The monoisotopic (exact) mass is 234 g/mol. The van der Waals surface area contributed by atoms with E-state index in [-0.39, 0.29) is 0 Å². The molecule has 3 aromatic rings. The Morgan fingerprint density at radius 3 is 2.33 bits per heavy atom. The zero-order valence-corrected chi connectivity index (χ0v) is 10.5. The van der Waals surface area contributed by atoms with E-state index >= 15 is 0 Å². The summed E-state index contributed by atoms with van der Waals surface area (Å²) in [5, 5.41) is 1.26. The third-order valence-corrected chi connectivity index (χ3v) is 3.33. The zero-order chi connectivity index (χ0) is 12.4. The van der Waals surface area contributed by atoms with E-state index in [0.717, 1.165) is 6.42 Å². The first-order chi connectivity index (χ1) is 8.88. The molecule has 1 aromatic heterocycles. The van der Waals surface area contributed by atoms with Gasteiger partial charge >= 0.3 is 0 Å². The van der Waals surface area contributed by atoms with Crippen molar-refractivity contribution in [3.63, 3.8) is 0 Å². The molecule has 0 aliphatic carbocycles. The van der Waals surface area contributed by atoms with Crippen molar-refractivity contribution >= 4 is 10.9 Å².